The fourth-order valence-electron chi connectivity index (χ4n) is 7.45. The molecule has 0 radical (unpaired) electrons. The van der Waals surface area contributed by atoms with E-state index in [0.717, 1.165) is 29.6 Å². The molecule has 42 heavy (non-hydrogen) atoms. The lowest BCUT2D eigenvalue weighted by Gasteiger charge is -2.18. The molecular weight excluding hydrogens is 504 g/mol. The van der Waals surface area contributed by atoms with Gasteiger partial charge in [0.1, 0.15) is 0 Å². The van der Waals surface area contributed by atoms with Gasteiger partial charge in [-0.15, -0.1) is 0 Å². The molecule has 5 saturated carbocycles. The Morgan fingerprint density at radius 3 is 0.476 bits per heavy atom. The molecule has 0 heteroatoms. The van der Waals surface area contributed by atoms with E-state index in [1.54, 1.807) is 0 Å². The van der Waals surface area contributed by atoms with Crippen LogP contribution >= 0.6 is 0 Å². The van der Waals surface area contributed by atoms with Gasteiger partial charge in [0.05, 0.1) is 0 Å². The SMILES string of the molecule is C.CC.CC.CCC1CCCC1.CCC1CCCC1.CCC1CCCC1.CCC1CCCCC1.CCC1CCCCC1. The summed E-state index contributed by atoms with van der Waals surface area (Å²) in [7, 11) is 0. The zero-order valence-electron chi connectivity index (χ0n) is 31.0. The molecule has 0 amide bonds. The Labute approximate surface area is 272 Å². The van der Waals surface area contributed by atoms with Gasteiger partial charge in [-0.25, -0.2) is 0 Å². The second-order valence-electron chi connectivity index (χ2n) is 13.5. The number of hydrogen-bond donors (Lipinski definition) is 0. The van der Waals surface area contributed by atoms with Crippen LogP contribution in [-0.2, 0) is 0 Å². The Bertz CT molecular complexity index is 367. The second-order valence-corrected chi connectivity index (χ2v) is 13.5. The molecule has 0 aliphatic heterocycles. The van der Waals surface area contributed by atoms with E-state index in [1.807, 2.05) is 27.7 Å². The van der Waals surface area contributed by atoms with E-state index < -0.39 is 0 Å². The average molecular weight is 595 g/mol. The Kier molecular flexibility index (Phi) is 41.1. The predicted molar refractivity (Wildman–Crippen MR) is 200 cm³/mol. The van der Waals surface area contributed by atoms with Gasteiger partial charge >= 0.3 is 0 Å². The van der Waals surface area contributed by atoms with Crippen LogP contribution in [0.3, 0.4) is 0 Å². The van der Waals surface area contributed by atoms with Crippen molar-refractivity contribution >= 4 is 0 Å². The van der Waals surface area contributed by atoms with Crippen LogP contribution in [0.2, 0.25) is 0 Å². The van der Waals surface area contributed by atoms with Crippen molar-refractivity contribution in [3.05, 3.63) is 0 Å². The summed E-state index contributed by atoms with van der Waals surface area (Å²) in [5, 5.41) is 0. The standard InChI is InChI=1S/2C8H16.3C7H14.2C2H6.CH4/c2*1-2-8-6-4-3-5-7-8;3*1-2-7-5-3-4-6-7;2*1-2;/h2*8H,2-7H2,1H3;3*7H,2-6H2,1H3;2*1-2H3;1H4. The van der Waals surface area contributed by atoms with Crippen LogP contribution in [0.5, 0.6) is 0 Å². The smallest absolute Gasteiger partial charge is 0.0417 e. The van der Waals surface area contributed by atoms with E-state index in [4.69, 9.17) is 0 Å². The highest BCUT2D eigenvalue weighted by Gasteiger charge is 2.13. The van der Waals surface area contributed by atoms with Gasteiger partial charge in [0.15, 0.2) is 0 Å². The first-order valence-corrected chi connectivity index (χ1v) is 20.2. The van der Waals surface area contributed by atoms with Crippen LogP contribution in [0.25, 0.3) is 0 Å². The summed E-state index contributed by atoms with van der Waals surface area (Å²) in [5.74, 6) is 5.47. The highest BCUT2D eigenvalue weighted by molar-refractivity contribution is 4.66. The minimum absolute atomic E-state index is 0. The zero-order chi connectivity index (χ0) is 31.0. The predicted octanol–water partition coefficient (Wildman–Crippen LogP) is 16.4. The maximum atomic E-state index is 2.32. The Hall–Kier alpha value is 0. The molecule has 0 saturated heterocycles. The topological polar surface area (TPSA) is 0 Å². The van der Waals surface area contributed by atoms with Crippen LogP contribution in [0.1, 0.15) is 243 Å². The molecule has 0 aromatic rings. The third kappa shape index (κ3) is 27.5. The lowest BCUT2D eigenvalue weighted by molar-refractivity contribution is 0.349. The van der Waals surface area contributed by atoms with Crippen LogP contribution in [-0.4, -0.2) is 0 Å². The molecule has 0 bridgehead atoms. The lowest BCUT2D eigenvalue weighted by atomic mass is 9.88. The third-order valence-corrected chi connectivity index (χ3v) is 10.8. The van der Waals surface area contributed by atoms with Gasteiger partial charge in [0.25, 0.3) is 0 Å². The van der Waals surface area contributed by atoms with Crippen molar-refractivity contribution in [2.75, 3.05) is 0 Å². The quantitative estimate of drug-likeness (QED) is 0.297. The monoisotopic (exact) mass is 595 g/mol. The van der Waals surface area contributed by atoms with Crippen molar-refractivity contribution < 1.29 is 0 Å². The van der Waals surface area contributed by atoms with Gasteiger partial charge < -0.3 is 0 Å². The Morgan fingerprint density at radius 2 is 0.381 bits per heavy atom. The molecule has 5 rings (SSSR count). The fraction of sp³-hybridized carbons (Fsp3) is 1.00. The summed E-state index contributed by atoms with van der Waals surface area (Å²) in [6, 6.07) is 0. The van der Waals surface area contributed by atoms with Gasteiger partial charge in [-0.1, -0.05) is 243 Å². The highest BCUT2D eigenvalue weighted by atomic mass is 14.2. The van der Waals surface area contributed by atoms with E-state index in [0.29, 0.717) is 0 Å². The van der Waals surface area contributed by atoms with Crippen molar-refractivity contribution in [2.45, 2.75) is 243 Å². The molecule has 0 unspecified atom stereocenters. The summed E-state index contributed by atoms with van der Waals surface area (Å²) < 4.78 is 0. The van der Waals surface area contributed by atoms with E-state index in [1.165, 1.54) is 173 Å². The normalized spacial score (nSPS) is 21.1. The van der Waals surface area contributed by atoms with Gasteiger partial charge in [-0.2, -0.15) is 0 Å². The molecule has 5 aliphatic rings. The van der Waals surface area contributed by atoms with Crippen molar-refractivity contribution in [3.8, 4) is 0 Å². The van der Waals surface area contributed by atoms with Crippen LogP contribution in [0.15, 0.2) is 0 Å². The molecule has 5 aliphatic carbocycles. The maximum Gasteiger partial charge on any atom is -0.0417 e. The fourth-order valence-corrected chi connectivity index (χ4v) is 7.45. The van der Waals surface area contributed by atoms with Crippen LogP contribution in [0, 0.1) is 29.6 Å². The molecule has 0 nitrogen and oxygen atoms in total. The first-order chi connectivity index (χ1) is 20.2. The molecule has 0 spiro atoms. The van der Waals surface area contributed by atoms with Crippen molar-refractivity contribution in [2.24, 2.45) is 29.6 Å². The van der Waals surface area contributed by atoms with E-state index in [9.17, 15) is 0 Å². The second kappa shape index (κ2) is 37.2. The highest BCUT2D eigenvalue weighted by Crippen LogP contribution is 2.28. The van der Waals surface area contributed by atoms with Crippen molar-refractivity contribution in [3.63, 3.8) is 0 Å². The molecule has 258 valence electrons. The summed E-state index contributed by atoms with van der Waals surface area (Å²) in [4.78, 5) is 0. The first-order valence-electron chi connectivity index (χ1n) is 20.2. The van der Waals surface area contributed by atoms with Crippen molar-refractivity contribution in [1.82, 2.24) is 0 Å². The lowest BCUT2D eigenvalue weighted by Crippen LogP contribution is -2.03. The molecular formula is C42H90. The van der Waals surface area contributed by atoms with Crippen molar-refractivity contribution in [1.29, 1.82) is 0 Å². The van der Waals surface area contributed by atoms with E-state index >= 15 is 0 Å². The first kappa shape index (κ1) is 46.4. The van der Waals surface area contributed by atoms with Gasteiger partial charge in [-0.3, -0.25) is 0 Å². The summed E-state index contributed by atoms with van der Waals surface area (Å²) >= 11 is 0. The average Bonchev–Trinajstić information content (AvgIpc) is 3.89. The van der Waals surface area contributed by atoms with Gasteiger partial charge in [-0.05, 0) is 29.6 Å². The van der Waals surface area contributed by atoms with Gasteiger partial charge in [0, 0.05) is 0 Å². The Balaban J connectivity index is -0.000000437. The van der Waals surface area contributed by atoms with E-state index in [2.05, 4.69) is 34.6 Å². The summed E-state index contributed by atoms with van der Waals surface area (Å²) in [5.41, 5.74) is 0. The number of hydrogen-bond acceptors (Lipinski definition) is 0. The largest absolute Gasteiger partial charge is 0.0776 e. The van der Waals surface area contributed by atoms with E-state index in [-0.39, 0.29) is 7.43 Å². The molecule has 0 aromatic carbocycles. The molecule has 0 aromatic heterocycles. The zero-order valence-corrected chi connectivity index (χ0v) is 31.0. The maximum absolute atomic E-state index is 2.32. The minimum atomic E-state index is 0. The molecule has 0 atom stereocenters. The molecule has 0 heterocycles. The summed E-state index contributed by atoms with van der Waals surface area (Å²) in [6.45, 7) is 19.5. The van der Waals surface area contributed by atoms with Crippen LogP contribution < -0.4 is 0 Å². The molecule has 0 N–H and O–H groups in total. The minimum Gasteiger partial charge on any atom is -0.0776 e. The summed E-state index contributed by atoms with van der Waals surface area (Å²) in [6.07, 6.45) is 40.2. The van der Waals surface area contributed by atoms with Crippen LogP contribution in [0.4, 0.5) is 0 Å². The third-order valence-electron chi connectivity index (χ3n) is 10.8. The Morgan fingerprint density at radius 1 is 0.262 bits per heavy atom. The van der Waals surface area contributed by atoms with Gasteiger partial charge in [0.2, 0.25) is 0 Å². The molecule has 5 fully saturated rings. The number of rotatable bonds is 5.